The summed E-state index contributed by atoms with van der Waals surface area (Å²) in [5.41, 5.74) is 0.518. The van der Waals surface area contributed by atoms with Crippen LogP contribution < -0.4 is 0 Å². The maximum atomic E-state index is 13.1. The molecule has 0 radical (unpaired) electrons. The molecule has 2 rings (SSSR count). The van der Waals surface area contributed by atoms with Gasteiger partial charge in [-0.05, 0) is 47.7 Å². The second-order valence-corrected chi connectivity index (χ2v) is 6.03. The van der Waals surface area contributed by atoms with Gasteiger partial charge in [-0.2, -0.15) is 0 Å². The molecule has 1 heterocycles. The Morgan fingerprint density at radius 3 is 2.95 bits per heavy atom. The number of hydrogen-bond acceptors (Lipinski definition) is 2. The normalized spacial score (nSPS) is 23.5. The summed E-state index contributed by atoms with van der Waals surface area (Å²) in [5, 5.41) is 0. The molecule has 1 fully saturated rings. The van der Waals surface area contributed by atoms with Crippen molar-refractivity contribution in [3.63, 3.8) is 0 Å². The predicted octanol–water partition coefficient (Wildman–Crippen LogP) is 2.90. The van der Waals surface area contributed by atoms with Crippen LogP contribution in [0, 0.1) is 9.39 Å². The van der Waals surface area contributed by atoms with Crippen molar-refractivity contribution in [1.29, 1.82) is 0 Å². The first-order chi connectivity index (χ1) is 9.01. The van der Waals surface area contributed by atoms with Gasteiger partial charge >= 0.3 is 0 Å². The second kappa shape index (κ2) is 6.37. The third kappa shape index (κ3) is 3.58. The largest absolute Gasteiger partial charge is 0.370 e. The van der Waals surface area contributed by atoms with Gasteiger partial charge in [0.1, 0.15) is 5.82 Å². The summed E-state index contributed by atoms with van der Waals surface area (Å²) in [6.45, 7) is 2.91. The van der Waals surface area contributed by atoms with Crippen molar-refractivity contribution in [1.82, 2.24) is 4.90 Å². The molecule has 0 N–H and O–H groups in total. The summed E-state index contributed by atoms with van der Waals surface area (Å²) >= 11 is 7.77. The Labute approximate surface area is 130 Å². The van der Waals surface area contributed by atoms with Crippen molar-refractivity contribution in [3.8, 4) is 0 Å². The van der Waals surface area contributed by atoms with E-state index in [0.29, 0.717) is 28.1 Å². The summed E-state index contributed by atoms with van der Waals surface area (Å²) in [7, 11) is 0. The smallest absolute Gasteiger partial charge is 0.255 e. The summed E-state index contributed by atoms with van der Waals surface area (Å²) < 4.78 is 19.3. The lowest BCUT2D eigenvalue weighted by atomic mass is 10.1. The van der Waals surface area contributed by atoms with Crippen LogP contribution in [0.5, 0.6) is 0 Å². The van der Waals surface area contributed by atoms with Crippen molar-refractivity contribution in [2.75, 3.05) is 19.0 Å². The van der Waals surface area contributed by atoms with Crippen LogP contribution in [0.15, 0.2) is 18.2 Å². The molecule has 1 amide bonds. The third-order valence-corrected chi connectivity index (χ3v) is 4.18. The number of morpholine rings is 1. The van der Waals surface area contributed by atoms with E-state index in [9.17, 15) is 9.18 Å². The lowest BCUT2D eigenvalue weighted by molar-refractivity contribution is -0.0570. The lowest BCUT2D eigenvalue weighted by Crippen LogP contribution is -2.49. The highest BCUT2D eigenvalue weighted by atomic mass is 127. The summed E-state index contributed by atoms with van der Waals surface area (Å²) in [5.74, 6) is -0.0844. The van der Waals surface area contributed by atoms with Crippen LogP contribution in [-0.2, 0) is 4.74 Å². The van der Waals surface area contributed by atoms with Crippen molar-refractivity contribution in [2.45, 2.75) is 19.1 Å². The van der Waals surface area contributed by atoms with E-state index in [4.69, 9.17) is 16.3 Å². The average Bonchev–Trinajstić information content (AvgIpc) is 2.37. The molecule has 1 saturated heterocycles. The zero-order valence-electron chi connectivity index (χ0n) is 10.4. The summed E-state index contributed by atoms with van der Waals surface area (Å²) in [6.07, 6.45) is -0.188. The molecular weight excluding hydrogens is 384 g/mol. The Bertz CT molecular complexity index is 486. The minimum absolute atomic E-state index is 0.0421. The fourth-order valence-corrected chi connectivity index (χ4v) is 3.01. The first kappa shape index (κ1) is 15.0. The van der Waals surface area contributed by atoms with Crippen molar-refractivity contribution < 1.29 is 13.9 Å². The van der Waals surface area contributed by atoms with E-state index in [2.05, 4.69) is 0 Å². The maximum absolute atomic E-state index is 13.1. The molecule has 0 bridgehead atoms. The number of carbonyl (C=O) groups excluding carboxylic acids is 1. The number of benzene rings is 1. The quantitative estimate of drug-likeness (QED) is 0.567. The number of nitrogens with zero attached hydrogens (tertiary/aromatic N) is 1. The van der Waals surface area contributed by atoms with Gasteiger partial charge in [0.2, 0.25) is 0 Å². The molecule has 1 aliphatic rings. The molecule has 2 unspecified atom stereocenters. The molecule has 2 atom stereocenters. The molecule has 0 aliphatic carbocycles. The monoisotopic (exact) mass is 397 g/mol. The number of ether oxygens (including phenoxy) is 1. The van der Waals surface area contributed by atoms with Gasteiger partial charge in [0.15, 0.2) is 0 Å². The fraction of sp³-hybridized carbons (Fsp3) is 0.462. The average molecular weight is 398 g/mol. The Kier molecular flexibility index (Phi) is 5.03. The van der Waals surface area contributed by atoms with Crippen LogP contribution in [0.1, 0.15) is 17.3 Å². The van der Waals surface area contributed by atoms with Gasteiger partial charge in [0.05, 0.1) is 23.7 Å². The molecule has 3 nitrogen and oxygen atoms in total. The SMILES string of the molecule is CC1CN(C(=O)c2ccc(F)cc2I)CC(CCl)O1. The van der Waals surface area contributed by atoms with Crippen LogP contribution >= 0.6 is 34.2 Å². The number of rotatable bonds is 2. The zero-order valence-corrected chi connectivity index (χ0v) is 13.3. The maximum Gasteiger partial charge on any atom is 0.255 e. The van der Waals surface area contributed by atoms with Crippen molar-refractivity contribution >= 4 is 40.1 Å². The molecule has 104 valence electrons. The Balaban J connectivity index is 2.18. The van der Waals surface area contributed by atoms with Crippen LogP contribution in [0.3, 0.4) is 0 Å². The van der Waals surface area contributed by atoms with Crippen LogP contribution in [0.25, 0.3) is 0 Å². The topological polar surface area (TPSA) is 29.5 Å². The molecule has 0 aromatic heterocycles. The lowest BCUT2D eigenvalue weighted by Gasteiger charge is -2.36. The zero-order chi connectivity index (χ0) is 14.0. The minimum Gasteiger partial charge on any atom is -0.370 e. The molecule has 6 heteroatoms. The predicted molar refractivity (Wildman–Crippen MR) is 80.1 cm³/mol. The number of alkyl halides is 1. The Morgan fingerprint density at radius 2 is 2.32 bits per heavy atom. The van der Waals surface area contributed by atoms with E-state index in [1.165, 1.54) is 18.2 Å². The molecule has 0 spiro atoms. The van der Waals surface area contributed by atoms with Crippen LogP contribution in [-0.4, -0.2) is 42.0 Å². The highest BCUT2D eigenvalue weighted by Gasteiger charge is 2.29. The number of halogens is 3. The third-order valence-electron chi connectivity index (χ3n) is 2.95. The van der Waals surface area contributed by atoms with Crippen LogP contribution in [0.4, 0.5) is 4.39 Å². The second-order valence-electron chi connectivity index (χ2n) is 4.56. The van der Waals surface area contributed by atoms with E-state index < -0.39 is 0 Å². The van der Waals surface area contributed by atoms with Gasteiger partial charge < -0.3 is 9.64 Å². The van der Waals surface area contributed by atoms with Crippen molar-refractivity contribution in [2.24, 2.45) is 0 Å². The summed E-state index contributed by atoms with van der Waals surface area (Å²) in [6, 6.07) is 4.18. The van der Waals surface area contributed by atoms with E-state index in [1.54, 1.807) is 4.90 Å². The van der Waals surface area contributed by atoms with Crippen molar-refractivity contribution in [3.05, 3.63) is 33.1 Å². The van der Waals surface area contributed by atoms with Crippen LogP contribution in [0.2, 0.25) is 0 Å². The van der Waals surface area contributed by atoms with E-state index >= 15 is 0 Å². The standard InChI is InChI=1S/C13H14ClFINO2/c1-8-6-17(7-10(5-14)19-8)13(18)11-3-2-9(15)4-12(11)16/h2-4,8,10H,5-7H2,1H3. The number of hydrogen-bond donors (Lipinski definition) is 0. The van der Waals surface area contributed by atoms with E-state index in [0.717, 1.165) is 0 Å². The van der Waals surface area contributed by atoms with Gasteiger partial charge in [0.25, 0.3) is 5.91 Å². The van der Waals surface area contributed by atoms with E-state index in [1.807, 2.05) is 29.5 Å². The van der Waals surface area contributed by atoms with Gasteiger partial charge in [0, 0.05) is 16.7 Å². The number of carbonyl (C=O) groups is 1. The first-order valence-electron chi connectivity index (χ1n) is 5.97. The Hall–Kier alpha value is -0.400. The highest BCUT2D eigenvalue weighted by molar-refractivity contribution is 14.1. The first-order valence-corrected chi connectivity index (χ1v) is 7.58. The number of amides is 1. The molecular formula is C13H14ClFINO2. The van der Waals surface area contributed by atoms with Gasteiger partial charge in [-0.1, -0.05) is 0 Å². The summed E-state index contributed by atoms with van der Waals surface area (Å²) in [4.78, 5) is 14.2. The fourth-order valence-electron chi connectivity index (χ4n) is 2.13. The van der Waals surface area contributed by atoms with Gasteiger partial charge in [-0.3, -0.25) is 4.79 Å². The van der Waals surface area contributed by atoms with Gasteiger partial charge in [-0.25, -0.2) is 4.39 Å². The molecule has 19 heavy (non-hydrogen) atoms. The Morgan fingerprint density at radius 1 is 1.58 bits per heavy atom. The molecule has 0 saturated carbocycles. The van der Waals surface area contributed by atoms with Gasteiger partial charge in [-0.15, -0.1) is 11.6 Å². The molecule has 1 aromatic rings. The van der Waals surface area contributed by atoms with E-state index in [-0.39, 0.29) is 23.9 Å². The molecule has 1 aliphatic heterocycles. The highest BCUT2D eigenvalue weighted by Crippen LogP contribution is 2.19. The molecule has 1 aromatic carbocycles. The minimum atomic E-state index is -0.338.